The molecule has 2 aromatic carbocycles. The van der Waals surface area contributed by atoms with Crippen molar-refractivity contribution in [3.8, 4) is 22.4 Å². The van der Waals surface area contributed by atoms with Crippen LogP contribution in [0, 0.1) is 0 Å². The molecule has 5 heteroatoms. The zero-order valence-corrected chi connectivity index (χ0v) is 15.2. The smallest absolute Gasteiger partial charge is 0.273 e. The number of aromatic amines is 1. The highest BCUT2D eigenvalue weighted by Gasteiger charge is 2.16. The van der Waals surface area contributed by atoms with Gasteiger partial charge in [0.25, 0.3) is 5.56 Å². The van der Waals surface area contributed by atoms with Crippen LogP contribution in [-0.2, 0) is 6.42 Å². The highest BCUT2D eigenvalue weighted by Crippen LogP contribution is 2.28. The molecule has 1 N–H and O–H groups in total. The van der Waals surface area contributed by atoms with E-state index in [1.807, 2.05) is 54.6 Å². The van der Waals surface area contributed by atoms with E-state index >= 15 is 0 Å². The molecule has 0 saturated heterocycles. The second-order valence-electron chi connectivity index (χ2n) is 5.83. The van der Waals surface area contributed by atoms with E-state index in [1.165, 1.54) is 4.52 Å². The first kappa shape index (κ1) is 15.8. The number of H-pyrrole nitrogens is 1. The Bertz CT molecular complexity index is 1100. The Morgan fingerprint density at radius 2 is 1.76 bits per heavy atom. The maximum absolute atomic E-state index is 12.6. The van der Waals surface area contributed by atoms with Crippen molar-refractivity contribution in [3.63, 3.8) is 0 Å². The summed E-state index contributed by atoms with van der Waals surface area (Å²) in [5.41, 5.74) is 5.19. The van der Waals surface area contributed by atoms with Crippen molar-refractivity contribution in [2.24, 2.45) is 0 Å². The van der Waals surface area contributed by atoms with Gasteiger partial charge < -0.3 is 0 Å². The van der Waals surface area contributed by atoms with E-state index in [1.54, 1.807) is 6.07 Å². The van der Waals surface area contributed by atoms with Crippen molar-refractivity contribution in [1.82, 2.24) is 14.6 Å². The van der Waals surface area contributed by atoms with Crippen LogP contribution < -0.4 is 5.56 Å². The van der Waals surface area contributed by atoms with Crippen molar-refractivity contribution in [2.75, 3.05) is 0 Å². The van der Waals surface area contributed by atoms with Crippen molar-refractivity contribution < 1.29 is 0 Å². The van der Waals surface area contributed by atoms with Gasteiger partial charge in [-0.25, -0.2) is 9.50 Å². The number of hydrogen-bond donors (Lipinski definition) is 1. The molecule has 4 nitrogen and oxygen atoms in total. The van der Waals surface area contributed by atoms with Gasteiger partial charge in [0, 0.05) is 27.4 Å². The molecule has 0 unspecified atom stereocenters. The average molecular weight is 394 g/mol. The lowest BCUT2D eigenvalue weighted by Crippen LogP contribution is -2.14. The summed E-state index contributed by atoms with van der Waals surface area (Å²) in [5, 5.41) is 3.20. The van der Waals surface area contributed by atoms with Crippen LogP contribution in [0.1, 0.15) is 12.6 Å². The number of rotatable bonds is 3. The van der Waals surface area contributed by atoms with Crippen molar-refractivity contribution >= 4 is 21.6 Å². The standard InChI is InChI=1S/C20H16BrN3O/c1-2-16-19(14-6-4-3-5-7-14)20-22-17(12-18(25)24(20)23-16)13-8-10-15(21)11-9-13/h3-12,23H,2H2,1H3. The van der Waals surface area contributed by atoms with E-state index in [4.69, 9.17) is 4.98 Å². The summed E-state index contributed by atoms with van der Waals surface area (Å²) in [6, 6.07) is 19.4. The Hall–Kier alpha value is -2.66. The third-order valence-corrected chi connectivity index (χ3v) is 4.78. The van der Waals surface area contributed by atoms with Gasteiger partial charge in [-0.2, -0.15) is 0 Å². The molecule has 2 aromatic heterocycles. The van der Waals surface area contributed by atoms with Crippen LogP contribution in [0.25, 0.3) is 28.0 Å². The monoisotopic (exact) mass is 393 g/mol. The molecule has 0 amide bonds. The molecule has 0 aliphatic rings. The Morgan fingerprint density at radius 1 is 1.04 bits per heavy atom. The first-order chi connectivity index (χ1) is 12.2. The molecule has 0 spiro atoms. The topological polar surface area (TPSA) is 50.2 Å². The largest absolute Gasteiger partial charge is 0.293 e. The number of halogens is 1. The van der Waals surface area contributed by atoms with E-state index in [0.717, 1.165) is 33.3 Å². The van der Waals surface area contributed by atoms with Gasteiger partial charge >= 0.3 is 0 Å². The fraction of sp³-hybridized carbons (Fsp3) is 0.100. The van der Waals surface area contributed by atoms with Gasteiger partial charge in [-0.3, -0.25) is 9.89 Å². The fourth-order valence-corrected chi connectivity index (χ4v) is 3.28. The number of aromatic nitrogens is 3. The maximum Gasteiger partial charge on any atom is 0.273 e. The summed E-state index contributed by atoms with van der Waals surface area (Å²) >= 11 is 3.44. The molecule has 124 valence electrons. The van der Waals surface area contributed by atoms with E-state index in [2.05, 4.69) is 28.0 Å². The minimum absolute atomic E-state index is 0.111. The lowest BCUT2D eigenvalue weighted by molar-refractivity contribution is 0.859. The predicted molar refractivity (Wildman–Crippen MR) is 104 cm³/mol. The van der Waals surface area contributed by atoms with Crippen molar-refractivity contribution in [1.29, 1.82) is 0 Å². The van der Waals surface area contributed by atoms with Crippen LogP contribution >= 0.6 is 15.9 Å². The lowest BCUT2D eigenvalue weighted by Gasteiger charge is -2.04. The van der Waals surface area contributed by atoms with Gasteiger partial charge in [-0.05, 0) is 24.1 Å². The quantitative estimate of drug-likeness (QED) is 0.549. The molecule has 0 saturated carbocycles. The van der Waals surface area contributed by atoms with Crippen LogP contribution in [0.15, 0.2) is 69.9 Å². The molecule has 0 fully saturated rings. The van der Waals surface area contributed by atoms with Gasteiger partial charge in [-0.15, -0.1) is 0 Å². The second-order valence-corrected chi connectivity index (χ2v) is 6.75. The van der Waals surface area contributed by atoms with Crippen LogP contribution in [0.4, 0.5) is 0 Å². The van der Waals surface area contributed by atoms with E-state index in [-0.39, 0.29) is 5.56 Å². The molecule has 0 aliphatic carbocycles. The molecule has 0 atom stereocenters. The van der Waals surface area contributed by atoms with Gasteiger partial charge in [0.2, 0.25) is 0 Å². The van der Waals surface area contributed by atoms with Crippen LogP contribution in [-0.4, -0.2) is 14.6 Å². The summed E-state index contributed by atoms with van der Waals surface area (Å²) in [5.74, 6) is 0. The van der Waals surface area contributed by atoms with Gasteiger partial charge in [0.1, 0.15) is 0 Å². The molecule has 4 aromatic rings. The van der Waals surface area contributed by atoms with Crippen LogP contribution in [0.5, 0.6) is 0 Å². The Morgan fingerprint density at radius 3 is 2.44 bits per heavy atom. The average Bonchev–Trinajstić information content (AvgIpc) is 3.02. The number of fused-ring (bicyclic) bond motifs is 1. The molecular weight excluding hydrogens is 378 g/mol. The first-order valence-electron chi connectivity index (χ1n) is 8.13. The molecule has 0 radical (unpaired) electrons. The van der Waals surface area contributed by atoms with Gasteiger partial charge in [-0.1, -0.05) is 65.3 Å². The second kappa shape index (κ2) is 6.33. The number of hydrogen-bond acceptors (Lipinski definition) is 2. The number of nitrogens with one attached hydrogen (secondary N) is 1. The molecule has 0 bridgehead atoms. The summed E-state index contributed by atoms with van der Waals surface area (Å²) in [6.45, 7) is 2.07. The third-order valence-electron chi connectivity index (χ3n) is 4.25. The van der Waals surface area contributed by atoms with E-state index in [0.29, 0.717) is 11.3 Å². The van der Waals surface area contributed by atoms with Gasteiger partial charge in [0.05, 0.1) is 5.69 Å². The maximum atomic E-state index is 12.6. The molecular formula is C20H16BrN3O. The highest BCUT2D eigenvalue weighted by molar-refractivity contribution is 9.10. The third kappa shape index (κ3) is 2.81. The fourth-order valence-electron chi connectivity index (χ4n) is 3.02. The Balaban J connectivity index is 2.01. The Labute approximate surface area is 153 Å². The van der Waals surface area contributed by atoms with Crippen LogP contribution in [0.2, 0.25) is 0 Å². The molecule has 4 rings (SSSR count). The van der Waals surface area contributed by atoms with Crippen LogP contribution in [0.3, 0.4) is 0 Å². The lowest BCUT2D eigenvalue weighted by atomic mass is 10.0. The van der Waals surface area contributed by atoms with E-state index < -0.39 is 0 Å². The summed E-state index contributed by atoms with van der Waals surface area (Å²) in [4.78, 5) is 17.4. The van der Waals surface area contributed by atoms with Crippen molar-refractivity contribution in [2.45, 2.75) is 13.3 Å². The first-order valence-corrected chi connectivity index (χ1v) is 8.92. The SMILES string of the molecule is CCc1[nH]n2c(=O)cc(-c3ccc(Br)cc3)nc2c1-c1ccccc1. The van der Waals surface area contributed by atoms with E-state index in [9.17, 15) is 4.79 Å². The molecule has 0 aliphatic heterocycles. The molecule has 2 heterocycles. The number of benzene rings is 2. The number of aryl methyl sites for hydroxylation is 1. The van der Waals surface area contributed by atoms with Gasteiger partial charge in [0.15, 0.2) is 5.65 Å². The minimum Gasteiger partial charge on any atom is -0.293 e. The minimum atomic E-state index is -0.111. The molecule has 25 heavy (non-hydrogen) atoms. The normalized spacial score (nSPS) is 11.1. The zero-order chi connectivity index (χ0) is 17.4. The summed E-state index contributed by atoms with van der Waals surface area (Å²) < 4.78 is 2.53. The Kier molecular flexibility index (Phi) is 4.01. The summed E-state index contributed by atoms with van der Waals surface area (Å²) in [6.07, 6.45) is 0.792. The summed E-state index contributed by atoms with van der Waals surface area (Å²) in [7, 11) is 0. The highest BCUT2D eigenvalue weighted by atomic mass is 79.9. The van der Waals surface area contributed by atoms with Crippen molar-refractivity contribution in [3.05, 3.63) is 81.2 Å². The number of nitrogens with zero attached hydrogens (tertiary/aromatic N) is 2. The zero-order valence-electron chi connectivity index (χ0n) is 13.7. The predicted octanol–water partition coefficient (Wildman–Crippen LogP) is 4.68.